The first-order valence-electron chi connectivity index (χ1n) is 8.47. The summed E-state index contributed by atoms with van der Waals surface area (Å²) in [5, 5.41) is 1.79. The number of amides is 1. The van der Waals surface area contributed by atoms with E-state index in [2.05, 4.69) is 0 Å². The van der Waals surface area contributed by atoms with Crippen LogP contribution in [0.3, 0.4) is 0 Å². The molecule has 3 heterocycles. The third kappa shape index (κ3) is 3.04. The third-order valence-corrected chi connectivity index (χ3v) is 5.67. The Morgan fingerprint density at radius 3 is 2.84 bits per heavy atom. The fourth-order valence-electron chi connectivity index (χ4n) is 3.50. The highest BCUT2D eigenvalue weighted by molar-refractivity contribution is 7.07. The highest BCUT2D eigenvalue weighted by Crippen LogP contribution is 2.38. The van der Waals surface area contributed by atoms with Crippen molar-refractivity contribution in [2.75, 3.05) is 19.8 Å². The molecule has 6 nitrogen and oxygen atoms in total. The zero-order valence-electron chi connectivity index (χ0n) is 14.1. The second-order valence-corrected chi connectivity index (χ2v) is 7.20. The Balaban J connectivity index is 1.56. The molecule has 1 aromatic carbocycles. The molecule has 0 N–H and O–H groups in total. The van der Waals surface area contributed by atoms with Crippen LogP contribution in [-0.4, -0.2) is 35.1 Å². The molecule has 1 amide bonds. The van der Waals surface area contributed by atoms with E-state index in [0.717, 1.165) is 53.5 Å². The van der Waals surface area contributed by atoms with E-state index in [0.29, 0.717) is 13.2 Å². The summed E-state index contributed by atoms with van der Waals surface area (Å²) in [6.07, 6.45) is 1.88. The number of hydrogen-bond acceptors (Lipinski definition) is 5. The molecule has 7 heteroatoms. The fraction of sp³-hybridized carbons (Fsp3) is 0.444. The van der Waals surface area contributed by atoms with Crippen LogP contribution in [0.1, 0.15) is 30.1 Å². The van der Waals surface area contributed by atoms with Crippen LogP contribution in [0.2, 0.25) is 0 Å². The molecule has 0 saturated carbocycles. The van der Waals surface area contributed by atoms with Gasteiger partial charge in [0.1, 0.15) is 19.8 Å². The molecule has 4 rings (SSSR count). The number of aryl methyl sites for hydroxylation is 1. The van der Waals surface area contributed by atoms with Crippen molar-refractivity contribution >= 4 is 17.2 Å². The quantitative estimate of drug-likeness (QED) is 0.843. The number of benzene rings is 1. The van der Waals surface area contributed by atoms with Gasteiger partial charge in [0.2, 0.25) is 5.91 Å². The molecule has 1 atom stereocenters. The van der Waals surface area contributed by atoms with Crippen molar-refractivity contribution < 1.29 is 14.3 Å². The van der Waals surface area contributed by atoms with Gasteiger partial charge in [-0.25, -0.2) is 0 Å². The van der Waals surface area contributed by atoms with Gasteiger partial charge >= 0.3 is 4.87 Å². The molecule has 2 aromatic rings. The monoisotopic (exact) mass is 360 g/mol. The number of nitrogens with zero attached hydrogens (tertiary/aromatic N) is 2. The van der Waals surface area contributed by atoms with Crippen molar-refractivity contribution in [2.45, 2.75) is 32.4 Å². The van der Waals surface area contributed by atoms with E-state index in [4.69, 9.17) is 9.47 Å². The Bertz CT molecular complexity index is 857. The molecule has 2 aliphatic rings. The standard InChI is InChI=1S/C18H20N2O4S/c1-12-11-25-18(22)20(12)10-17(21)19-6-2-3-14(19)13-4-5-15-16(9-13)24-8-7-23-15/h4-5,9,11,14H,2-3,6-8,10H2,1H3/t14-/m0/s1. The first-order valence-corrected chi connectivity index (χ1v) is 9.35. The minimum absolute atomic E-state index is 0.0130. The van der Waals surface area contributed by atoms with Gasteiger partial charge in [0.05, 0.1) is 6.04 Å². The Hall–Kier alpha value is -2.28. The zero-order valence-corrected chi connectivity index (χ0v) is 14.9. The van der Waals surface area contributed by atoms with Crippen molar-refractivity contribution in [3.05, 3.63) is 44.5 Å². The second kappa shape index (κ2) is 6.55. The number of fused-ring (bicyclic) bond motifs is 1. The van der Waals surface area contributed by atoms with Crippen molar-refractivity contribution in [3.63, 3.8) is 0 Å². The van der Waals surface area contributed by atoms with Crippen LogP contribution in [0.4, 0.5) is 0 Å². The lowest BCUT2D eigenvalue weighted by molar-refractivity contribution is -0.132. The Morgan fingerprint density at radius 1 is 1.28 bits per heavy atom. The van der Waals surface area contributed by atoms with Crippen molar-refractivity contribution in [1.82, 2.24) is 9.47 Å². The molecule has 0 aliphatic carbocycles. The Labute approximate surface area is 149 Å². The van der Waals surface area contributed by atoms with Gasteiger partial charge in [-0.1, -0.05) is 17.4 Å². The molecule has 1 saturated heterocycles. The number of hydrogen-bond donors (Lipinski definition) is 0. The van der Waals surface area contributed by atoms with E-state index in [1.807, 2.05) is 30.0 Å². The highest BCUT2D eigenvalue weighted by atomic mass is 32.1. The van der Waals surface area contributed by atoms with E-state index in [1.54, 1.807) is 9.95 Å². The van der Waals surface area contributed by atoms with Gasteiger partial charge in [-0.05, 0) is 37.5 Å². The molecular formula is C18H20N2O4S. The summed E-state index contributed by atoms with van der Waals surface area (Å²) in [4.78, 5) is 26.5. The summed E-state index contributed by atoms with van der Waals surface area (Å²) in [6, 6.07) is 5.93. The van der Waals surface area contributed by atoms with Gasteiger partial charge in [0.25, 0.3) is 0 Å². The summed E-state index contributed by atoms with van der Waals surface area (Å²) in [6.45, 7) is 3.79. The van der Waals surface area contributed by atoms with Gasteiger partial charge in [0, 0.05) is 17.6 Å². The molecule has 1 aromatic heterocycles. The summed E-state index contributed by atoms with van der Waals surface area (Å²) >= 11 is 1.13. The number of rotatable bonds is 3. The van der Waals surface area contributed by atoms with E-state index < -0.39 is 0 Å². The topological polar surface area (TPSA) is 60.8 Å². The molecule has 0 spiro atoms. The average Bonchev–Trinajstić information content (AvgIpc) is 3.23. The molecule has 2 aliphatic heterocycles. The molecular weight excluding hydrogens is 340 g/mol. The van der Waals surface area contributed by atoms with E-state index >= 15 is 0 Å². The van der Waals surface area contributed by atoms with Crippen molar-refractivity contribution in [1.29, 1.82) is 0 Å². The van der Waals surface area contributed by atoms with Crippen LogP contribution in [0.5, 0.6) is 11.5 Å². The van der Waals surface area contributed by atoms with Crippen LogP contribution < -0.4 is 14.3 Å². The Kier molecular flexibility index (Phi) is 4.25. The van der Waals surface area contributed by atoms with Gasteiger partial charge < -0.3 is 14.4 Å². The fourth-order valence-corrected chi connectivity index (χ4v) is 4.24. The number of thiazole rings is 1. The molecule has 25 heavy (non-hydrogen) atoms. The lowest BCUT2D eigenvalue weighted by Crippen LogP contribution is -2.35. The summed E-state index contributed by atoms with van der Waals surface area (Å²) in [5.41, 5.74) is 1.89. The van der Waals surface area contributed by atoms with E-state index in [-0.39, 0.29) is 23.4 Å². The van der Waals surface area contributed by atoms with E-state index in [9.17, 15) is 9.59 Å². The smallest absolute Gasteiger partial charge is 0.307 e. The molecule has 1 fully saturated rings. The van der Waals surface area contributed by atoms with Crippen molar-refractivity contribution in [3.8, 4) is 11.5 Å². The van der Waals surface area contributed by atoms with Crippen LogP contribution in [-0.2, 0) is 11.3 Å². The first-order chi connectivity index (χ1) is 12.1. The maximum Gasteiger partial charge on any atom is 0.307 e. The number of likely N-dealkylation sites (tertiary alicyclic amines) is 1. The molecule has 0 unspecified atom stereocenters. The summed E-state index contributed by atoms with van der Waals surface area (Å²) in [7, 11) is 0. The summed E-state index contributed by atoms with van der Waals surface area (Å²) in [5.74, 6) is 1.49. The van der Waals surface area contributed by atoms with Crippen LogP contribution >= 0.6 is 11.3 Å². The van der Waals surface area contributed by atoms with Crippen molar-refractivity contribution in [2.24, 2.45) is 0 Å². The van der Waals surface area contributed by atoms with Gasteiger partial charge in [-0.15, -0.1) is 0 Å². The molecule has 0 radical (unpaired) electrons. The Morgan fingerprint density at radius 2 is 2.08 bits per heavy atom. The number of carbonyl (C=O) groups is 1. The largest absolute Gasteiger partial charge is 0.486 e. The molecule has 132 valence electrons. The highest BCUT2D eigenvalue weighted by Gasteiger charge is 2.31. The summed E-state index contributed by atoms with van der Waals surface area (Å²) < 4.78 is 12.8. The van der Waals surface area contributed by atoms with Gasteiger partial charge in [0.15, 0.2) is 11.5 Å². The second-order valence-electron chi connectivity index (χ2n) is 6.38. The lowest BCUT2D eigenvalue weighted by Gasteiger charge is -2.27. The van der Waals surface area contributed by atoms with Crippen LogP contribution in [0.15, 0.2) is 28.4 Å². The van der Waals surface area contributed by atoms with Gasteiger partial charge in [-0.3, -0.25) is 14.2 Å². The predicted molar refractivity (Wildman–Crippen MR) is 94.4 cm³/mol. The zero-order chi connectivity index (χ0) is 17.4. The van der Waals surface area contributed by atoms with E-state index in [1.165, 1.54) is 0 Å². The maximum atomic E-state index is 12.8. The molecule has 0 bridgehead atoms. The first kappa shape index (κ1) is 16.2. The normalized spacial score (nSPS) is 19.2. The lowest BCUT2D eigenvalue weighted by atomic mass is 10.0. The maximum absolute atomic E-state index is 12.8. The van der Waals surface area contributed by atoms with Gasteiger partial charge in [-0.2, -0.15) is 0 Å². The minimum Gasteiger partial charge on any atom is -0.486 e. The van der Waals surface area contributed by atoms with Crippen LogP contribution in [0, 0.1) is 6.92 Å². The SMILES string of the molecule is Cc1csc(=O)n1CC(=O)N1CCC[C@H]1c1ccc2c(c1)OCCO2. The number of aromatic nitrogens is 1. The predicted octanol–water partition coefficient (Wildman–Crippen LogP) is 2.35. The number of ether oxygens (including phenoxy) is 2. The number of carbonyl (C=O) groups excluding carboxylic acids is 1. The minimum atomic E-state index is -0.0825. The average molecular weight is 360 g/mol. The van der Waals surface area contributed by atoms with Crippen LogP contribution in [0.25, 0.3) is 0 Å². The third-order valence-electron chi connectivity index (χ3n) is 4.79.